The van der Waals surface area contributed by atoms with Crippen molar-refractivity contribution in [2.75, 3.05) is 13.2 Å². The van der Waals surface area contributed by atoms with Gasteiger partial charge in [0.15, 0.2) is 6.10 Å². The molecule has 0 N–H and O–H groups in total. The van der Waals surface area contributed by atoms with Gasteiger partial charge in [0, 0.05) is 12.8 Å². The van der Waals surface area contributed by atoms with E-state index >= 15 is 0 Å². The highest BCUT2D eigenvalue weighted by molar-refractivity contribution is 5.72. The average molecular weight is 851 g/mol. The molecule has 0 aromatic rings. The molecule has 1 atom stereocenters. The zero-order chi connectivity index (χ0) is 45.1. The Morgan fingerprint density at radius 2 is 0.726 bits per heavy atom. The molecule has 0 radical (unpaired) electrons. The van der Waals surface area contributed by atoms with E-state index in [1.807, 2.05) is 79.0 Å². The van der Waals surface area contributed by atoms with Crippen LogP contribution in [-0.4, -0.2) is 37.2 Å². The van der Waals surface area contributed by atoms with E-state index < -0.39 is 12.1 Å². The monoisotopic (exact) mass is 851 g/mol. The van der Waals surface area contributed by atoms with E-state index in [1.165, 1.54) is 12.8 Å². The fourth-order valence-corrected chi connectivity index (χ4v) is 5.56. The van der Waals surface area contributed by atoms with Gasteiger partial charge in [0.25, 0.3) is 0 Å². The molecule has 0 aliphatic rings. The van der Waals surface area contributed by atoms with Gasteiger partial charge in [-0.25, -0.2) is 0 Å². The molecule has 1 unspecified atom stereocenters. The molecule has 0 saturated heterocycles. The Morgan fingerprint density at radius 3 is 1.26 bits per heavy atom. The van der Waals surface area contributed by atoms with Crippen LogP contribution in [0.3, 0.4) is 0 Å². The van der Waals surface area contributed by atoms with Crippen molar-refractivity contribution in [2.24, 2.45) is 0 Å². The molecule has 0 fully saturated rings. The number of hydrogen-bond donors (Lipinski definition) is 0. The van der Waals surface area contributed by atoms with Crippen molar-refractivity contribution in [1.82, 2.24) is 0 Å². The number of allylic oxidation sites excluding steroid dienone is 25. The summed E-state index contributed by atoms with van der Waals surface area (Å²) in [6, 6.07) is 0. The van der Waals surface area contributed by atoms with Crippen LogP contribution < -0.4 is 0 Å². The standard InChI is InChI=1S/C56H82O6/c1-4-7-10-13-16-19-21-23-25-27-28-29-31-32-34-37-40-43-46-49-55(58)61-52-53(51-60-54(57)48-45-42-39-36-18-15-12-9-6-3)62-56(59)50-47-44-41-38-35-33-30-26-24-22-20-17-14-11-8-5-2/h7-13,16-21,23-29,31-32,34,36,42,45,53H,4-6,14-15,22,30,33,35,37-41,43-44,46-52H2,1-3H3/b10-7-,11-8-,12-9-,16-13-,20-17-,21-19-,25-23-,26-24-,28-27+,31-29-,34-32-,36-18-,45-42-. The molecule has 0 aliphatic heterocycles. The van der Waals surface area contributed by atoms with Crippen molar-refractivity contribution in [3.63, 3.8) is 0 Å². The summed E-state index contributed by atoms with van der Waals surface area (Å²) >= 11 is 0. The number of esters is 3. The summed E-state index contributed by atoms with van der Waals surface area (Å²) in [6.07, 6.45) is 71.1. The van der Waals surface area contributed by atoms with Gasteiger partial charge in [0.05, 0.1) is 6.42 Å². The third kappa shape index (κ3) is 46.1. The number of unbranched alkanes of at least 4 members (excludes halogenated alkanes) is 9. The van der Waals surface area contributed by atoms with E-state index in [4.69, 9.17) is 14.2 Å². The molecule has 0 aromatic heterocycles. The van der Waals surface area contributed by atoms with Gasteiger partial charge >= 0.3 is 17.9 Å². The third-order valence-corrected chi connectivity index (χ3v) is 8.99. The molecule has 0 amide bonds. The van der Waals surface area contributed by atoms with E-state index in [-0.39, 0.29) is 44.4 Å². The Hall–Kier alpha value is -4.97. The van der Waals surface area contributed by atoms with E-state index in [0.717, 1.165) is 96.3 Å². The predicted octanol–water partition coefficient (Wildman–Crippen LogP) is 15.5. The van der Waals surface area contributed by atoms with Crippen molar-refractivity contribution in [3.05, 3.63) is 158 Å². The topological polar surface area (TPSA) is 78.9 Å². The molecular formula is C56H82O6. The van der Waals surface area contributed by atoms with Gasteiger partial charge in [-0.15, -0.1) is 0 Å². The minimum atomic E-state index is -0.846. The van der Waals surface area contributed by atoms with Crippen molar-refractivity contribution >= 4 is 17.9 Å². The van der Waals surface area contributed by atoms with E-state index in [9.17, 15) is 14.4 Å². The van der Waals surface area contributed by atoms with Crippen LogP contribution in [0.1, 0.15) is 156 Å². The lowest BCUT2D eigenvalue weighted by molar-refractivity contribution is -0.166. The van der Waals surface area contributed by atoms with Crippen molar-refractivity contribution in [1.29, 1.82) is 0 Å². The minimum Gasteiger partial charge on any atom is -0.462 e. The maximum Gasteiger partial charge on any atom is 0.309 e. The van der Waals surface area contributed by atoms with Crippen LogP contribution in [0.15, 0.2) is 158 Å². The molecule has 342 valence electrons. The normalized spacial score (nSPS) is 13.5. The van der Waals surface area contributed by atoms with Crippen LogP contribution in [0.4, 0.5) is 0 Å². The van der Waals surface area contributed by atoms with Gasteiger partial charge in [-0.1, -0.05) is 211 Å². The highest BCUT2D eigenvalue weighted by atomic mass is 16.6. The van der Waals surface area contributed by atoms with Gasteiger partial charge in [0.1, 0.15) is 13.2 Å². The lowest BCUT2D eigenvalue weighted by atomic mass is 10.1. The summed E-state index contributed by atoms with van der Waals surface area (Å²) in [4.78, 5) is 37.7. The Labute approximate surface area is 378 Å². The summed E-state index contributed by atoms with van der Waals surface area (Å²) < 4.78 is 16.6. The highest BCUT2D eigenvalue weighted by Gasteiger charge is 2.19. The Bertz CT molecular complexity index is 1490. The highest BCUT2D eigenvalue weighted by Crippen LogP contribution is 2.12. The van der Waals surface area contributed by atoms with Crippen molar-refractivity contribution in [2.45, 2.75) is 162 Å². The average Bonchev–Trinajstić information content (AvgIpc) is 3.27. The first-order chi connectivity index (χ1) is 30.5. The molecule has 0 bridgehead atoms. The van der Waals surface area contributed by atoms with Gasteiger partial charge < -0.3 is 14.2 Å². The Kier molecular flexibility index (Phi) is 44.8. The molecule has 62 heavy (non-hydrogen) atoms. The predicted molar refractivity (Wildman–Crippen MR) is 265 cm³/mol. The van der Waals surface area contributed by atoms with Gasteiger partial charge in [-0.2, -0.15) is 0 Å². The first-order valence-electron chi connectivity index (χ1n) is 23.6. The van der Waals surface area contributed by atoms with E-state index in [1.54, 1.807) is 6.08 Å². The van der Waals surface area contributed by atoms with E-state index in [0.29, 0.717) is 6.42 Å². The molecule has 0 rings (SSSR count). The van der Waals surface area contributed by atoms with Crippen LogP contribution in [-0.2, 0) is 28.6 Å². The zero-order valence-electron chi connectivity index (χ0n) is 38.8. The quantitative estimate of drug-likeness (QED) is 0.0202. The first kappa shape index (κ1) is 57.0. The summed E-state index contributed by atoms with van der Waals surface area (Å²) in [6.45, 7) is 6.07. The Balaban J connectivity index is 4.57. The second-order valence-corrected chi connectivity index (χ2v) is 14.7. The number of carbonyl (C=O) groups excluding carboxylic acids is 3. The molecule has 6 nitrogen and oxygen atoms in total. The smallest absolute Gasteiger partial charge is 0.309 e. The van der Waals surface area contributed by atoms with Crippen LogP contribution >= 0.6 is 0 Å². The summed E-state index contributed by atoms with van der Waals surface area (Å²) in [5.74, 6) is -1.14. The number of carbonyl (C=O) groups is 3. The molecule has 0 spiro atoms. The van der Waals surface area contributed by atoms with Crippen molar-refractivity contribution < 1.29 is 28.6 Å². The molecule has 0 heterocycles. The third-order valence-electron chi connectivity index (χ3n) is 8.99. The zero-order valence-corrected chi connectivity index (χ0v) is 38.8. The number of rotatable bonds is 39. The molecule has 0 aliphatic carbocycles. The SMILES string of the molecule is CC\C=C/C=C\C=C/C=C\C=C\C=C/C=C\CCCCCC(=O)OCC(COC(=O)C/C=C\C/C=C\C/C=C\CC)OC(=O)CCCCCCCC/C=C\C/C=C\C/C=C\CC. The van der Waals surface area contributed by atoms with Gasteiger partial charge in [-0.05, 0) is 83.5 Å². The first-order valence-corrected chi connectivity index (χ1v) is 23.6. The van der Waals surface area contributed by atoms with Crippen LogP contribution in [0.2, 0.25) is 0 Å². The maximum atomic E-state index is 12.7. The molecule has 6 heteroatoms. The van der Waals surface area contributed by atoms with Crippen LogP contribution in [0, 0.1) is 0 Å². The minimum absolute atomic E-state index is 0.114. The maximum absolute atomic E-state index is 12.7. The number of ether oxygens (including phenoxy) is 3. The Morgan fingerprint density at radius 1 is 0.355 bits per heavy atom. The fourth-order valence-electron chi connectivity index (χ4n) is 5.56. The second kappa shape index (κ2) is 48.7. The van der Waals surface area contributed by atoms with Crippen molar-refractivity contribution in [3.8, 4) is 0 Å². The van der Waals surface area contributed by atoms with E-state index in [2.05, 4.69) is 93.7 Å². The van der Waals surface area contributed by atoms with Crippen LogP contribution in [0.25, 0.3) is 0 Å². The molecular weight excluding hydrogens is 769 g/mol. The summed E-state index contributed by atoms with van der Waals surface area (Å²) in [7, 11) is 0. The molecule has 0 saturated carbocycles. The van der Waals surface area contributed by atoms with Crippen LogP contribution in [0.5, 0.6) is 0 Å². The largest absolute Gasteiger partial charge is 0.462 e. The molecule has 0 aromatic carbocycles. The fraction of sp³-hybridized carbons (Fsp3) is 0.482. The van der Waals surface area contributed by atoms with Gasteiger partial charge in [-0.3, -0.25) is 14.4 Å². The number of hydrogen-bond acceptors (Lipinski definition) is 6. The second-order valence-electron chi connectivity index (χ2n) is 14.7. The summed E-state index contributed by atoms with van der Waals surface area (Å²) in [5, 5.41) is 0. The van der Waals surface area contributed by atoms with Gasteiger partial charge in [0.2, 0.25) is 0 Å². The lowest BCUT2D eigenvalue weighted by Gasteiger charge is -2.18. The summed E-state index contributed by atoms with van der Waals surface area (Å²) in [5.41, 5.74) is 0. The lowest BCUT2D eigenvalue weighted by Crippen LogP contribution is -2.30.